The molecule has 0 aliphatic carbocycles. The summed E-state index contributed by atoms with van der Waals surface area (Å²) in [6, 6.07) is 0. The standard InChI is InChI=1S/C10H11N7O/c1-6-15-8(18-16-6)4-11-9-7-3-14-17(2)10(7)13-5-12-9/h3,5H,4H2,1-2H3,(H,11,12,13). The van der Waals surface area contributed by atoms with Gasteiger partial charge in [-0.3, -0.25) is 4.68 Å². The number of fused-ring (bicyclic) bond motifs is 1. The van der Waals surface area contributed by atoms with E-state index in [1.54, 1.807) is 17.8 Å². The second-order valence-electron chi connectivity index (χ2n) is 3.82. The van der Waals surface area contributed by atoms with Gasteiger partial charge in [0.05, 0.1) is 18.1 Å². The highest BCUT2D eigenvalue weighted by Gasteiger charge is 2.09. The molecule has 0 unspecified atom stereocenters. The number of rotatable bonds is 3. The molecule has 0 atom stereocenters. The lowest BCUT2D eigenvalue weighted by atomic mass is 10.4. The normalized spacial score (nSPS) is 11.0. The Morgan fingerprint density at radius 3 is 3.06 bits per heavy atom. The smallest absolute Gasteiger partial charge is 0.245 e. The number of nitrogens with zero attached hydrogens (tertiary/aromatic N) is 6. The molecule has 0 saturated heterocycles. The topological polar surface area (TPSA) is 94.5 Å². The maximum Gasteiger partial charge on any atom is 0.245 e. The van der Waals surface area contributed by atoms with E-state index < -0.39 is 0 Å². The quantitative estimate of drug-likeness (QED) is 0.724. The van der Waals surface area contributed by atoms with Crippen LogP contribution in [0.1, 0.15) is 11.7 Å². The van der Waals surface area contributed by atoms with Gasteiger partial charge in [0.25, 0.3) is 0 Å². The van der Waals surface area contributed by atoms with Gasteiger partial charge in [-0.2, -0.15) is 10.1 Å². The monoisotopic (exact) mass is 245 g/mol. The van der Waals surface area contributed by atoms with Crippen LogP contribution < -0.4 is 5.32 Å². The molecule has 0 radical (unpaired) electrons. The van der Waals surface area contributed by atoms with Crippen molar-refractivity contribution in [3.05, 3.63) is 24.2 Å². The van der Waals surface area contributed by atoms with Gasteiger partial charge >= 0.3 is 0 Å². The van der Waals surface area contributed by atoms with E-state index in [1.165, 1.54) is 6.33 Å². The third-order valence-electron chi connectivity index (χ3n) is 2.51. The summed E-state index contributed by atoms with van der Waals surface area (Å²) < 4.78 is 6.71. The molecule has 0 aliphatic rings. The molecule has 0 aliphatic heterocycles. The van der Waals surface area contributed by atoms with Crippen LogP contribution in [0.3, 0.4) is 0 Å². The summed E-state index contributed by atoms with van der Waals surface area (Å²) in [5, 5.41) is 11.8. The van der Waals surface area contributed by atoms with Crippen molar-refractivity contribution in [3.63, 3.8) is 0 Å². The summed E-state index contributed by atoms with van der Waals surface area (Å²) >= 11 is 0. The highest BCUT2D eigenvalue weighted by atomic mass is 16.5. The first kappa shape index (κ1) is 10.6. The van der Waals surface area contributed by atoms with Crippen molar-refractivity contribution in [1.29, 1.82) is 0 Å². The van der Waals surface area contributed by atoms with Gasteiger partial charge in [0.15, 0.2) is 11.5 Å². The predicted octanol–water partition coefficient (Wildman–Crippen LogP) is 0.667. The number of nitrogens with one attached hydrogen (secondary N) is 1. The number of anilines is 1. The molecule has 18 heavy (non-hydrogen) atoms. The summed E-state index contributed by atoms with van der Waals surface area (Å²) in [4.78, 5) is 12.4. The van der Waals surface area contributed by atoms with E-state index in [0.29, 0.717) is 24.1 Å². The van der Waals surface area contributed by atoms with E-state index in [1.807, 2.05) is 7.05 Å². The second kappa shape index (κ2) is 4.06. The fourth-order valence-electron chi connectivity index (χ4n) is 1.67. The summed E-state index contributed by atoms with van der Waals surface area (Å²) in [7, 11) is 1.83. The van der Waals surface area contributed by atoms with E-state index in [0.717, 1.165) is 11.0 Å². The molecule has 0 saturated carbocycles. The summed E-state index contributed by atoms with van der Waals surface area (Å²) in [5.74, 6) is 1.83. The van der Waals surface area contributed by atoms with Crippen LogP contribution in [0.2, 0.25) is 0 Å². The number of aromatic nitrogens is 6. The van der Waals surface area contributed by atoms with Gasteiger partial charge < -0.3 is 9.84 Å². The average Bonchev–Trinajstić information content (AvgIpc) is 2.94. The molecule has 0 spiro atoms. The molecule has 0 bridgehead atoms. The van der Waals surface area contributed by atoms with Crippen LogP contribution in [-0.2, 0) is 13.6 Å². The summed E-state index contributed by atoms with van der Waals surface area (Å²) in [6.45, 7) is 2.19. The predicted molar refractivity (Wildman–Crippen MR) is 62.7 cm³/mol. The lowest BCUT2D eigenvalue weighted by Crippen LogP contribution is -2.03. The van der Waals surface area contributed by atoms with Crippen LogP contribution >= 0.6 is 0 Å². The van der Waals surface area contributed by atoms with Gasteiger partial charge in [-0.25, -0.2) is 9.97 Å². The molecular weight excluding hydrogens is 234 g/mol. The summed E-state index contributed by atoms with van der Waals surface area (Å²) in [5.41, 5.74) is 0.772. The fraction of sp³-hybridized carbons (Fsp3) is 0.300. The van der Waals surface area contributed by atoms with E-state index in [-0.39, 0.29) is 0 Å². The van der Waals surface area contributed by atoms with Gasteiger partial charge in [0, 0.05) is 7.05 Å². The average molecular weight is 245 g/mol. The minimum atomic E-state index is 0.418. The number of hydrogen-bond acceptors (Lipinski definition) is 7. The van der Waals surface area contributed by atoms with Crippen molar-refractivity contribution >= 4 is 16.9 Å². The molecule has 0 amide bonds. The Kier molecular flexibility index (Phi) is 2.40. The molecule has 92 valence electrons. The van der Waals surface area contributed by atoms with Crippen molar-refractivity contribution in [1.82, 2.24) is 29.9 Å². The Labute approximate surface area is 102 Å². The van der Waals surface area contributed by atoms with Gasteiger partial charge in [0.2, 0.25) is 5.89 Å². The number of hydrogen-bond donors (Lipinski definition) is 1. The molecular formula is C10H11N7O. The zero-order chi connectivity index (χ0) is 12.5. The van der Waals surface area contributed by atoms with E-state index >= 15 is 0 Å². The van der Waals surface area contributed by atoms with Gasteiger partial charge in [-0.05, 0) is 6.92 Å². The third kappa shape index (κ3) is 1.77. The first-order valence-corrected chi connectivity index (χ1v) is 5.40. The van der Waals surface area contributed by atoms with Gasteiger partial charge in [-0.15, -0.1) is 0 Å². The van der Waals surface area contributed by atoms with Crippen LogP contribution in [0, 0.1) is 6.92 Å². The van der Waals surface area contributed by atoms with Crippen LogP contribution in [-0.4, -0.2) is 29.9 Å². The highest BCUT2D eigenvalue weighted by Crippen LogP contribution is 2.18. The first-order chi connectivity index (χ1) is 8.74. The van der Waals surface area contributed by atoms with E-state index in [4.69, 9.17) is 4.52 Å². The maximum atomic E-state index is 5.02. The lowest BCUT2D eigenvalue weighted by Gasteiger charge is -2.02. The van der Waals surface area contributed by atoms with Crippen molar-refractivity contribution in [3.8, 4) is 0 Å². The highest BCUT2D eigenvalue weighted by molar-refractivity contribution is 5.85. The minimum Gasteiger partial charge on any atom is -0.360 e. The van der Waals surface area contributed by atoms with Gasteiger partial charge in [-0.1, -0.05) is 5.16 Å². The minimum absolute atomic E-state index is 0.418. The summed E-state index contributed by atoms with van der Waals surface area (Å²) in [6.07, 6.45) is 3.21. The van der Waals surface area contributed by atoms with Gasteiger partial charge in [0.1, 0.15) is 12.1 Å². The molecule has 3 aromatic rings. The molecule has 0 fully saturated rings. The lowest BCUT2D eigenvalue weighted by molar-refractivity contribution is 0.379. The molecule has 3 heterocycles. The van der Waals surface area contributed by atoms with Crippen LogP contribution in [0.15, 0.2) is 17.0 Å². The van der Waals surface area contributed by atoms with E-state index in [2.05, 4.69) is 30.5 Å². The Morgan fingerprint density at radius 1 is 1.39 bits per heavy atom. The fourth-order valence-corrected chi connectivity index (χ4v) is 1.67. The van der Waals surface area contributed by atoms with E-state index in [9.17, 15) is 0 Å². The second-order valence-corrected chi connectivity index (χ2v) is 3.82. The number of aryl methyl sites for hydroxylation is 2. The van der Waals surface area contributed by atoms with Crippen molar-refractivity contribution < 1.29 is 4.52 Å². The maximum absolute atomic E-state index is 5.02. The zero-order valence-corrected chi connectivity index (χ0v) is 9.95. The largest absolute Gasteiger partial charge is 0.360 e. The third-order valence-corrected chi connectivity index (χ3v) is 2.51. The molecule has 0 aromatic carbocycles. The first-order valence-electron chi connectivity index (χ1n) is 5.40. The Balaban J connectivity index is 1.86. The molecule has 1 N–H and O–H groups in total. The zero-order valence-electron chi connectivity index (χ0n) is 9.95. The molecule has 3 rings (SSSR count). The van der Waals surface area contributed by atoms with Crippen molar-refractivity contribution in [2.24, 2.45) is 7.05 Å². The molecule has 3 aromatic heterocycles. The van der Waals surface area contributed by atoms with Crippen molar-refractivity contribution in [2.45, 2.75) is 13.5 Å². The Morgan fingerprint density at radius 2 is 2.28 bits per heavy atom. The van der Waals surface area contributed by atoms with Crippen LogP contribution in [0.25, 0.3) is 11.0 Å². The molecule has 8 nitrogen and oxygen atoms in total. The Hall–Kier alpha value is -2.51. The molecule has 8 heteroatoms. The van der Waals surface area contributed by atoms with Crippen LogP contribution in [0.5, 0.6) is 0 Å². The van der Waals surface area contributed by atoms with Crippen molar-refractivity contribution in [2.75, 3.05) is 5.32 Å². The SMILES string of the molecule is Cc1noc(CNc2ncnc3c2cnn3C)n1. The van der Waals surface area contributed by atoms with Crippen LogP contribution in [0.4, 0.5) is 5.82 Å². The Bertz CT molecular complexity index is 686.